The third-order valence-corrected chi connectivity index (χ3v) is 9.04. The molecule has 0 saturated heterocycles. The van der Waals surface area contributed by atoms with Crippen LogP contribution < -0.4 is 17.4 Å². The van der Waals surface area contributed by atoms with E-state index in [0.717, 1.165) is 12.1 Å². The fraction of sp³-hybridized carbons (Fsp3) is 0.0244. The van der Waals surface area contributed by atoms with Gasteiger partial charge >= 0.3 is 0 Å². The van der Waals surface area contributed by atoms with Crippen LogP contribution in [0.15, 0.2) is 164 Å². The molecular formula is C41H35N3S. The molecule has 0 saturated carbocycles. The van der Waals surface area contributed by atoms with Gasteiger partial charge in [-0.3, -0.25) is 11.7 Å². The minimum absolute atomic E-state index is 0.793. The molecule has 0 bridgehead atoms. The summed E-state index contributed by atoms with van der Waals surface area (Å²) in [6.45, 7) is 0. The summed E-state index contributed by atoms with van der Waals surface area (Å²) >= 11 is 1.89. The smallest absolute Gasteiger partial charge is 0.0358 e. The summed E-state index contributed by atoms with van der Waals surface area (Å²) in [5.74, 6) is 8.00. The molecule has 4 heteroatoms. The van der Waals surface area contributed by atoms with Crippen molar-refractivity contribution in [1.29, 1.82) is 0 Å². The summed E-state index contributed by atoms with van der Waals surface area (Å²) in [5.41, 5.74) is 14.2. The summed E-state index contributed by atoms with van der Waals surface area (Å²) in [6.07, 6.45) is 1.00. The third kappa shape index (κ3) is 6.95. The Labute approximate surface area is 268 Å². The van der Waals surface area contributed by atoms with Gasteiger partial charge in [0.2, 0.25) is 0 Å². The molecule has 7 aromatic carbocycles. The van der Waals surface area contributed by atoms with Gasteiger partial charge in [0.25, 0.3) is 0 Å². The van der Waals surface area contributed by atoms with Crippen molar-refractivity contribution in [3.8, 4) is 22.3 Å². The SMILES string of the molecule is NN.Nc1ccc(-c2ccc(-c3ccc4ccccc4c3)cc2)cc1.c1ccc(Cc2ccc3c(c2)sc2ccccc23)cc1. The molecule has 0 aliphatic heterocycles. The normalized spacial score (nSPS) is 10.6. The van der Waals surface area contributed by atoms with E-state index in [2.05, 4.69) is 163 Å². The van der Waals surface area contributed by atoms with Crippen LogP contribution in [-0.4, -0.2) is 0 Å². The molecule has 1 aromatic heterocycles. The first-order valence-corrected chi connectivity index (χ1v) is 15.7. The van der Waals surface area contributed by atoms with Crippen LogP contribution in [0.2, 0.25) is 0 Å². The molecule has 0 spiro atoms. The van der Waals surface area contributed by atoms with Gasteiger partial charge in [0.1, 0.15) is 0 Å². The van der Waals surface area contributed by atoms with E-state index >= 15 is 0 Å². The van der Waals surface area contributed by atoms with E-state index in [1.54, 1.807) is 0 Å². The van der Waals surface area contributed by atoms with E-state index in [1.807, 2.05) is 23.5 Å². The molecule has 1 heterocycles. The highest BCUT2D eigenvalue weighted by Gasteiger charge is 2.06. The quantitative estimate of drug-likeness (QED) is 0.107. The number of hydrazine groups is 1. The average Bonchev–Trinajstić information content (AvgIpc) is 3.48. The maximum atomic E-state index is 5.75. The number of benzene rings is 7. The number of nitrogens with two attached hydrogens (primary N) is 3. The van der Waals surface area contributed by atoms with E-state index < -0.39 is 0 Å². The van der Waals surface area contributed by atoms with Crippen molar-refractivity contribution in [3.05, 3.63) is 175 Å². The fourth-order valence-corrected chi connectivity index (χ4v) is 6.78. The topological polar surface area (TPSA) is 78.1 Å². The van der Waals surface area contributed by atoms with Crippen LogP contribution in [0.1, 0.15) is 11.1 Å². The van der Waals surface area contributed by atoms with Crippen LogP contribution in [0, 0.1) is 0 Å². The van der Waals surface area contributed by atoms with Crippen molar-refractivity contribution < 1.29 is 0 Å². The molecule has 0 aliphatic rings. The lowest BCUT2D eigenvalue weighted by Gasteiger charge is -2.07. The molecule has 0 fully saturated rings. The standard InChI is InChI=1S/C22H17N.C19H14S.H4N2/c23-22-13-11-18(12-14-22)17-5-7-19(8-6-17)21-10-9-16-3-1-2-4-20(16)15-21;1-2-6-14(7-3-1)12-15-10-11-17-16-8-4-5-9-18(16)20-19(17)13-15;1-2/h1-15H,23H2;1-11,13H,12H2;1-2H2. The van der Waals surface area contributed by atoms with Crippen LogP contribution >= 0.6 is 11.3 Å². The second-order valence-electron chi connectivity index (χ2n) is 10.9. The van der Waals surface area contributed by atoms with Crippen LogP contribution in [0.25, 0.3) is 53.2 Å². The number of rotatable bonds is 4. The Balaban J connectivity index is 0.000000152. The molecule has 0 amide bonds. The minimum Gasteiger partial charge on any atom is -0.399 e. The van der Waals surface area contributed by atoms with Crippen LogP contribution in [0.4, 0.5) is 5.69 Å². The van der Waals surface area contributed by atoms with Gasteiger partial charge in [0.05, 0.1) is 0 Å². The highest BCUT2D eigenvalue weighted by molar-refractivity contribution is 7.25. The zero-order chi connectivity index (χ0) is 31.0. The molecule has 0 unspecified atom stereocenters. The van der Waals surface area contributed by atoms with Crippen molar-refractivity contribution in [2.24, 2.45) is 11.7 Å². The predicted octanol–water partition coefficient (Wildman–Crippen LogP) is 10.2. The van der Waals surface area contributed by atoms with Crippen LogP contribution in [0.3, 0.4) is 0 Å². The van der Waals surface area contributed by atoms with E-state index in [9.17, 15) is 0 Å². The van der Waals surface area contributed by atoms with Gasteiger partial charge in [-0.05, 0) is 80.9 Å². The Bertz CT molecular complexity index is 2150. The lowest BCUT2D eigenvalue weighted by molar-refractivity contribution is 1.20. The summed E-state index contributed by atoms with van der Waals surface area (Å²) in [6, 6.07) is 57.9. The average molecular weight is 602 g/mol. The zero-order valence-electron chi connectivity index (χ0n) is 24.9. The number of hydrogen-bond donors (Lipinski definition) is 3. The second kappa shape index (κ2) is 14.0. The Morgan fingerprint density at radius 1 is 0.400 bits per heavy atom. The molecule has 0 atom stereocenters. The second-order valence-corrected chi connectivity index (χ2v) is 11.9. The molecule has 6 N–H and O–H groups in total. The van der Waals surface area contributed by atoms with E-state index in [-0.39, 0.29) is 0 Å². The van der Waals surface area contributed by atoms with Crippen molar-refractivity contribution in [3.63, 3.8) is 0 Å². The molecular weight excluding hydrogens is 567 g/mol. The van der Waals surface area contributed by atoms with Gasteiger partial charge in [-0.25, -0.2) is 0 Å². The van der Waals surface area contributed by atoms with Gasteiger partial charge in [0.15, 0.2) is 0 Å². The van der Waals surface area contributed by atoms with E-state index in [0.29, 0.717) is 0 Å². The maximum absolute atomic E-state index is 5.75. The maximum Gasteiger partial charge on any atom is 0.0358 e. The van der Waals surface area contributed by atoms with Crippen molar-refractivity contribution in [2.75, 3.05) is 5.73 Å². The fourth-order valence-electron chi connectivity index (χ4n) is 5.61. The lowest BCUT2D eigenvalue weighted by atomic mass is 9.98. The molecule has 3 nitrogen and oxygen atoms in total. The van der Waals surface area contributed by atoms with Gasteiger partial charge in [0, 0.05) is 25.9 Å². The first-order valence-electron chi connectivity index (χ1n) is 14.9. The molecule has 0 radical (unpaired) electrons. The van der Waals surface area contributed by atoms with Crippen LogP contribution in [-0.2, 0) is 6.42 Å². The summed E-state index contributed by atoms with van der Waals surface area (Å²) in [7, 11) is 0. The summed E-state index contributed by atoms with van der Waals surface area (Å²) < 4.78 is 2.76. The summed E-state index contributed by atoms with van der Waals surface area (Å²) in [5, 5.41) is 5.29. The van der Waals surface area contributed by atoms with Crippen molar-refractivity contribution >= 4 is 48.0 Å². The van der Waals surface area contributed by atoms with Crippen LogP contribution in [0.5, 0.6) is 0 Å². The third-order valence-electron chi connectivity index (χ3n) is 7.91. The van der Waals surface area contributed by atoms with Crippen molar-refractivity contribution in [2.45, 2.75) is 6.42 Å². The molecule has 220 valence electrons. The van der Waals surface area contributed by atoms with Crippen molar-refractivity contribution in [1.82, 2.24) is 0 Å². The number of fused-ring (bicyclic) bond motifs is 4. The highest BCUT2D eigenvalue weighted by Crippen LogP contribution is 2.34. The first kappa shape index (κ1) is 29.8. The largest absolute Gasteiger partial charge is 0.399 e. The highest BCUT2D eigenvalue weighted by atomic mass is 32.1. The van der Waals surface area contributed by atoms with E-state index in [1.165, 1.54) is 64.3 Å². The Morgan fingerprint density at radius 3 is 1.69 bits per heavy atom. The van der Waals surface area contributed by atoms with Gasteiger partial charge in [-0.15, -0.1) is 11.3 Å². The molecule has 8 aromatic rings. The number of anilines is 1. The Hall–Kier alpha value is -5.26. The lowest BCUT2D eigenvalue weighted by Crippen LogP contribution is -2.02. The number of hydrogen-bond acceptors (Lipinski definition) is 4. The van der Waals surface area contributed by atoms with Gasteiger partial charge in [-0.1, -0.05) is 133 Å². The minimum atomic E-state index is 0.793. The zero-order valence-corrected chi connectivity index (χ0v) is 25.8. The van der Waals surface area contributed by atoms with Gasteiger partial charge < -0.3 is 5.73 Å². The van der Waals surface area contributed by atoms with Gasteiger partial charge in [-0.2, -0.15) is 0 Å². The Kier molecular flexibility index (Phi) is 9.28. The molecule has 0 aliphatic carbocycles. The van der Waals surface area contributed by atoms with E-state index in [4.69, 9.17) is 5.73 Å². The summed E-state index contributed by atoms with van der Waals surface area (Å²) in [4.78, 5) is 0. The Morgan fingerprint density at radius 2 is 0.956 bits per heavy atom. The molecule has 45 heavy (non-hydrogen) atoms. The predicted molar refractivity (Wildman–Crippen MR) is 196 cm³/mol. The number of nitrogen functional groups attached to an aromatic ring is 1. The molecule has 8 rings (SSSR count). The monoisotopic (exact) mass is 601 g/mol. The number of thiophene rings is 1. The first-order chi connectivity index (χ1) is 22.2.